The van der Waals surface area contributed by atoms with Gasteiger partial charge in [-0.2, -0.15) is 0 Å². The summed E-state index contributed by atoms with van der Waals surface area (Å²) >= 11 is 6.26. The van der Waals surface area contributed by atoms with Crippen molar-refractivity contribution in [2.75, 3.05) is 0 Å². The van der Waals surface area contributed by atoms with Crippen LogP contribution < -0.4 is 0 Å². The van der Waals surface area contributed by atoms with Crippen LogP contribution in [0.4, 0.5) is 0 Å². The van der Waals surface area contributed by atoms with Gasteiger partial charge < -0.3 is 4.74 Å². The molecule has 20 heavy (non-hydrogen) atoms. The normalized spacial score (nSPS) is 17.2. The molecule has 3 heteroatoms. The van der Waals surface area contributed by atoms with Crippen LogP contribution >= 0.6 is 11.6 Å². The lowest BCUT2D eigenvalue weighted by molar-refractivity contribution is 0.0309. The highest BCUT2D eigenvalue weighted by Gasteiger charge is 2.14. The SMILES string of the molecule is Clc1nc2ccccc2cc1COC1CCCCCC1. The molecular weight excluding hydrogens is 270 g/mol. The van der Waals surface area contributed by atoms with Crippen LogP contribution in [0.25, 0.3) is 10.9 Å². The van der Waals surface area contributed by atoms with Crippen molar-refractivity contribution in [2.45, 2.75) is 51.2 Å². The molecule has 1 aromatic heterocycles. The maximum Gasteiger partial charge on any atom is 0.135 e. The summed E-state index contributed by atoms with van der Waals surface area (Å²) in [6, 6.07) is 10.1. The van der Waals surface area contributed by atoms with Crippen molar-refractivity contribution in [2.24, 2.45) is 0 Å². The van der Waals surface area contributed by atoms with Crippen LogP contribution in [0.3, 0.4) is 0 Å². The number of rotatable bonds is 3. The van der Waals surface area contributed by atoms with E-state index in [9.17, 15) is 0 Å². The van der Waals surface area contributed by atoms with Gasteiger partial charge in [-0.1, -0.05) is 55.5 Å². The van der Waals surface area contributed by atoms with Gasteiger partial charge in [0.2, 0.25) is 0 Å². The van der Waals surface area contributed by atoms with Crippen LogP contribution in [-0.2, 0) is 11.3 Å². The molecule has 1 aromatic carbocycles. The van der Waals surface area contributed by atoms with Gasteiger partial charge in [0.1, 0.15) is 5.15 Å². The maximum absolute atomic E-state index is 6.26. The Kier molecular flexibility index (Phi) is 4.54. The van der Waals surface area contributed by atoms with E-state index in [1.54, 1.807) is 0 Å². The Bertz CT molecular complexity index is 576. The number of para-hydroxylation sites is 1. The predicted molar refractivity (Wildman–Crippen MR) is 83.0 cm³/mol. The molecule has 0 N–H and O–H groups in total. The predicted octanol–water partition coefficient (Wildman–Crippen LogP) is 5.13. The third-order valence-corrected chi connectivity index (χ3v) is 4.35. The first kappa shape index (κ1) is 13.8. The first-order valence-corrected chi connectivity index (χ1v) is 7.86. The van der Waals surface area contributed by atoms with Crippen LogP contribution in [0.5, 0.6) is 0 Å². The summed E-state index contributed by atoms with van der Waals surface area (Å²) in [5, 5.41) is 1.69. The zero-order chi connectivity index (χ0) is 13.8. The molecule has 0 atom stereocenters. The van der Waals surface area contributed by atoms with Gasteiger partial charge in [0.05, 0.1) is 18.2 Å². The highest BCUT2D eigenvalue weighted by atomic mass is 35.5. The van der Waals surface area contributed by atoms with E-state index in [1.165, 1.54) is 38.5 Å². The van der Waals surface area contributed by atoms with Gasteiger partial charge in [-0.15, -0.1) is 0 Å². The summed E-state index contributed by atoms with van der Waals surface area (Å²) in [5.74, 6) is 0. The standard InChI is InChI=1S/C17H20ClNO/c18-17-14(11-13-7-5-6-10-16(13)19-17)12-20-15-8-3-1-2-4-9-15/h5-7,10-11,15H,1-4,8-9,12H2. The number of nitrogens with zero attached hydrogens (tertiary/aromatic N) is 1. The molecule has 0 spiro atoms. The van der Waals surface area contributed by atoms with E-state index in [0.29, 0.717) is 17.9 Å². The maximum atomic E-state index is 6.26. The van der Waals surface area contributed by atoms with Crippen molar-refractivity contribution in [3.05, 3.63) is 41.0 Å². The molecule has 3 rings (SSSR count). The van der Waals surface area contributed by atoms with E-state index in [0.717, 1.165) is 16.5 Å². The van der Waals surface area contributed by atoms with Gasteiger partial charge in [-0.05, 0) is 25.0 Å². The molecule has 2 nitrogen and oxygen atoms in total. The molecule has 1 heterocycles. The largest absolute Gasteiger partial charge is 0.373 e. The molecule has 1 aliphatic carbocycles. The summed E-state index contributed by atoms with van der Waals surface area (Å²) in [5.41, 5.74) is 1.94. The minimum absolute atomic E-state index is 0.389. The molecule has 2 aromatic rings. The lowest BCUT2D eigenvalue weighted by atomic mass is 10.1. The molecule has 106 valence electrons. The van der Waals surface area contributed by atoms with Crippen molar-refractivity contribution >= 4 is 22.5 Å². The van der Waals surface area contributed by atoms with Crippen LogP contribution in [0.1, 0.15) is 44.1 Å². The molecule has 1 fully saturated rings. The van der Waals surface area contributed by atoms with E-state index in [4.69, 9.17) is 16.3 Å². The molecule has 0 bridgehead atoms. The zero-order valence-corrected chi connectivity index (χ0v) is 12.4. The second-order valence-corrected chi connectivity index (χ2v) is 5.91. The van der Waals surface area contributed by atoms with Crippen molar-refractivity contribution in [3.8, 4) is 0 Å². The zero-order valence-electron chi connectivity index (χ0n) is 11.6. The molecule has 0 radical (unpaired) electrons. The van der Waals surface area contributed by atoms with Crippen molar-refractivity contribution in [1.82, 2.24) is 4.98 Å². The quantitative estimate of drug-likeness (QED) is 0.577. The van der Waals surface area contributed by atoms with Gasteiger partial charge in [0.25, 0.3) is 0 Å². The number of hydrogen-bond donors (Lipinski definition) is 0. The molecule has 0 unspecified atom stereocenters. The number of hydrogen-bond acceptors (Lipinski definition) is 2. The average molecular weight is 290 g/mol. The first-order chi connectivity index (χ1) is 9.83. The Balaban J connectivity index is 1.71. The number of pyridine rings is 1. The molecule has 0 saturated heterocycles. The van der Waals surface area contributed by atoms with E-state index >= 15 is 0 Å². The molecule has 0 amide bonds. The summed E-state index contributed by atoms with van der Waals surface area (Å²) in [7, 11) is 0. The number of fused-ring (bicyclic) bond motifs is 1. The van der Waals surface area contributed by atoms with E-state index in [1.807, 2.05) is 18.2 Å². The van der Waals surface area contributed by atoms with Gasteiger partial charge >= 0.3 is 0 Å². The third kappa shape index (κ3) is 3.31. The lowest BCUT2D eigenvalue weighted by Gasteiger charge is -2.16. The second-order valence-electron chi connectivity index (χ2n) is 5.56. The number of ether oxygens (including phenoxy) is 1. The minimum atomic E-state index is 0.389. The van der Waals surface area contributed by atoms with Crippen LogP contribution in [0, 0.1) is 0 Å². The van der Waals surface area contributed by atoms with E-state index < -0.39 is 0 Å². The van der Waals surface area contributed by atoms with Crippen LogP contribution in [0.2, 0.25) is 5.15 Å². The lowest BCUT2D eigenvalue weighted by Crippen LogP contribution is -2.11. The number of aromatic nitrogens is 1. The second kappa shape index (κ2) is 6.55. The molecular formula is C17H20ClNO. The fraction of sp³-hybridized carbons (Fsp3) is 0.471. The molecule has 1 saturated carbocycles. The third-order valence-electron chi connectivity index (χ3n) is 4.03. The monoisotopic (exact) mass is 289 g/mol. The van der Waals surface area contributed by atoms with Gasteiger partial charge in [0, 0.05) is 10.9 Å². The average Bonchev–Trinajstić information content (AvgIpc) is 2.74. The highest BCUT2D eigenvalue weighted by molar-refractivity contribution is 6.30. The highest BCUT2D eigenvalue weighted by Crippen LogP contribution is 2.24. The van der Waals surface area contributed by atoms with Gasteiger partial charge in [-0.3, -0.25) is 0 Å². The Morgan fingerprint density at radius 2 is 1.85 bits per heavy atom. The van der Waals surface area contributed by atoms with Gasteiger partial charge in [0.15, 0.2) is 0 Å². The van der Waals surface area contributed by atoms with Crippen LogP contribution in [0.15, 0.2) is 30.3 Å². The molecule has 1 aliphatic rings. The van der Waals surface area contributed by atoms with Gasteiger partial charge in [-0.25, -0.2) is 4.98 Å². The summed E-state index contributed by atoms with van der Waals surface area (Å²) in [6.07, 6.45) is 8.01. The van der Waals surface area contributed by atoms with E-state index in [-0.39, 0.29) is 0 Å². The smallest absolute Gasteiger partial charge is 0.135 e. The Morgan fingerprint density at radius 1 is 1.10 bits per heavy atom. The fourth-order valence-corrected chi connectivity index (χ4v) is 3.05. The van der Waals surface area contributed by atoms with Crippen molar-refractivity contribution < 1.29 is 4.74 Å². The summed E-state index contributed by atoms with van der Waals surface area (Å²) in [4.78, 5) is 4.44. The topological polar surface area (TPSA) is 22.1 Å². The van der Waals surface area contributed by atoms with Crippen molar-refractivity contribution in [3.63, 3.8) is 0 Å². The van der Waals surface area contributed by atoms with Crippen LogP contribution in [-0.4, -0.2) is 11.1 Å². The Labute approximate surface area is 125 Å². The number of benzene rings is 1. The Morgan fingerprint density at radius 3 is 2.65 bits per heavy atom. The number of halogens is 1. The Hall–Kier alpha value is -1.12. The van der Waals surface area contributed by atoms with E-state index in [2.05, 4.69) is 17.1 Å². The first-order valence-electron chi connectivity index (χ1n) is 7.49. The minimum Gasteiger partial charge on any atom is -0.373 e. The molecule has 0 aliphatic heterocycles. The summed E-state index contributed by atoms with van der Waals surface area (Å²) in [6.45, 7) is 0.571. The summed E-state index contributed by atoms with van der Waals surface area (Å²) < 4.78 is 6.05. The fourth-order valence-electron chi connectivity index (χ4n) is 2.85. The van der Waals surface area contributed by atoms with Crippen molar-refractivity contribution in [1.29, 1.82) is 0 Å².